The molecule has 0 spiro atoms. The lowest BCUT2D eigenvalue weighted by Gasteiger charge is -2.31. The van der Waals surface area contributed by atoms with Gasteiger partial charge in [-0.05, 0) is 36.4 Å². The predicted molar refractivity (Wildman–Crippen MR) is 84.4 cm³/mol. The number of carbonyl (C=O) groups excluding carboxylic acids is 1. The molecule has 5 heteroatoms. The Bertz CT molecular complexity index is 670. The van der Waals surface area contributed by atoms with Gasteiger partial charge in [0.2, 0.25) is 6.10 Å². The number of rotatable bonds is 2. The van der Waals surface area contributed by atoms with E-state index in [0.29, 0.717) is 11.5 Å². The summed E-state index contributed by atoms with van der Waals surface area (Å²) in [6.07, 6.45) is 1.52. The molecule has 0 saturated carbocycles. The van der Waals surface area contributed by atoms with Crippen LogP contribution in [0.1, 0.15) is 23.8 Å². The summed E-state index contributed by atoms with van der Waals surface area (Å²) < 4.78 is 11.5. The second-order valence-electron chi connectivity index (χ2n) is 5.57. The van der Waals surface area contributed by atoms with Crippen molar-refractivity contribution in [1.29, 1.82) is 0 Å². The molecule has 1 fully saturated rings. The Balaban J connectivity index is 1.52. The van der Waals surface area contributed by atoms with Crippen molar-refractivity contribution in [3.05, 3.63) is 46.7 Å². The van der Waals surface area contributed by atoms with Crippen molar-refractivity contribution in [2.45, 2.75) is 25.0 Å². The Labute approximate surface area is 133 Å². The highest BCUT2D eigenvalue weighted by Crippen LogP contribution is 2.37. The maximum atomic E-state index is 12.8. The third-order valence-corrected chi connectivity index (χ3v) is 5.17. The molecule has 1 amide bonds. The fourth-order valence-corrected chi connectivity index (χ4v) is 4.01. The number of carbonyl (C=O) groups is 1. The fraction of sp³-hybridized carbons (Fsp3) is 0.353. The Hall–Kier alpha value is -2.01. The minimum Gasteiger partial charge on any atom is -0.485 e. The first kappa shape index (κ1) is 13.6. The standard InChI is InChI=1S/C17H17NO3S/c19-17(15-11-20-13-6-1-2-7-14(13)21-15)18-9-3-5-12(18)16-8-4-10-22-16/h1-2,4,6-8,10,12,15H,3,5,9,11H2/t12-,15-/m1/s1. The molecular weight excluding hydrogens is 298 g/mol. The molecule has 2 aromatic rings. The maximum Gasteiger partial charge on any atom is 0.267 e. The van der Waals surface area contributed by atoms with Gasteiger partial charge in [-0.3, -0.25) is 4.79 Å². The molecule has 1 saturated heterocycles. The van der Waals surface area contributed by atoms with E-state index in [2.05, 4.69) is 11.4 Å². The van der Waals surface area contributed by atoms with Crippen molar-refractivity contribution in [3.8, 4) is 11.5 Å². The zero-order valence-corrected chi connectivity index (χ0v) is 12.9. The lowest BCUT2D eigenvalue weighted by Crippen LogP contribution is -2.46. The first-order valence-corrected chi connectivity index (χ1v) is 8.43. The number of para-hydroxylation sites is 2. The molecule has 0 N–H and O–H groups in total. The van der Waals surface area contributed by atoms with Crippen LogP contribution in [0.25, 0.3) is 0 Å². The van der Waals surface area contributed by atoms with Gasteiger partial charge in [0.1, 0.15) is 6.61 Å². The number of amides is 1. The zero-order valence-electron chi connectivity index (χ0n) is 12.1. The van der Waals surface area contributed by atoms with Crippen LogP contribution >= 0.6 is 11.3 Å². The first-order valence-electron chi connectivity index (χ1n) is 7.55. The molecule has 22 heavy (non-hydrogen) atoms. The number of fused-ring (bicyclic) bond motifs is 1. The molecule has 2 aliphatic rings. The van der Waals surface area contributed by atoms with Crippen molar-refractivity contribution in [1.82, 2.24) is 4.90 Å². The molecular formula is C17H17NO3S. The third kappa shape index (κ3) is 2.35. The lowest BCUT2D eigenvalue weighted by atomic mass is 10.1. The SMILES string of the molecule is O=C([C@H]1COc2ccccc2O1)N1CCC[C@@H]1c1cccs1. The van der Waals surface area contributed by atoms with Crippen molar-refractivity contribution in [3.63, 3.8) is 0 Å². The van der Waals surface area contributed by atoms with Crippen molar-refractivity contribution in [2.24, 2.45) is 0 Å². The number of thiophene rings is 1. The number of likely N-dealkylation sites (tertiary alicyclic amines) is 1. The summed E-state index contributed by atoms with van der Waals surface area (Å²) in [6, 6.07) is 11.8. The molecule has 4 rings (SSSR count). The van der Waals surface area contributed by atoms with Gasteiger partial charge >= 0.3 is 0 Å². The van der Waals surface area contributed by atoms with E-state index < -0.39 is 6.10 Å². The van der Waals surface area contributed by atoms with E-state index in [-0.39, 0.29) is 18.6 Å². The van der Waals surface area contributed by atoms with Crippen LogP contribution in [0.3, 0.4) is 0 Å². The Kier molecular flexibility index (Phi) is 3.50. The highest BCUT2D eigenvalue weighted by molar-refractivity contribution is 7.10. The Morgan fingerprint density at radius 1 is 1.18 bits per heavy atom. The van der Waals surface area contributed by atoms with Gasteiger partial charge in [-0.25, -0.2) is 0 Å². The van der Waals surface area contributed by atoms with Crippen LogP contribution in [-0.2, 0) is 4.79 Å². The average molecular weight is 315 g/mol. The van der Waals surface area contributed by atoms with Crippen molar-refractivity contribution >= 4 is 17.2 Å². The highest BCUT2D eigenvalue weighted by atomic mass is 32.1. The van der Waals surface area contributed by atoms with E-state index in [1.54, 1.807) is 11.3 Å². The van der Waals surface area contributed by atoms with E-state index in [1.165, 1.54) is 4.88 Å². The van der Waals surface area contributed by atoms with Gasteiger partial charge in [0, 0.05) is 11.4 Å². The van der Waals surface area contributed by atoms with Gasteiger partial charge in [-0.1, -0.05) is 18.2 Å². The molecule has 1 aromatic heterocycles. The average Bonchev–Trinajstić information content (AvgIpc) is 3.24. The molecule has 114 valence electrons. The summed E-state index contributed by atoms with van der Waals surface area (Å²) in [4.78, 5) is 16.0. The lowest BCUT2D eigenvalue weighted by molar-refractivity contribution is -0.142. The van der Waals surface area contributed by atoms with E-state index in [4.69, 9.17) is 9.47 Å². The van der Waals surface area contributed by atoms with Crippen molar-refractivity contribution < 1.29 is 14.3 Å². The molecule has 3 heterocycles. The highest BCUT2D eigenvalue weighted by Gasteiger charge is 2.37. The van der Waals surface area contributed by atoms with Crippen LogP contribution in [-0.4, -0.2) is 30.1 Å². The smallest absolute Gasteiger partial charge is 0.267 e. The molecule has 0 unspecified atom stereocenters. The van der Waals surface area contributed by atoms with E-state index in [1.807, 2.05) is 35.2 Å². The number of nitrogens with zero attached hydrogens (tertiary/aromatic N) is 1. The van der Waals surface area contributed by atoms with Crippen LogP contribution < -0.4 is 9.47 Å². The van der Waals surface area contributed by atoms with Gasteiger partial charge < -0.3 is 14.4 Å². The minimum absolute atomic E-state index is 0.0328. The van der Waals surface area contributed by atoms with Crippen LogP contribution in [0.5, 0.6) is 11.5 Å². The number of hydrogen-bond acceptors (Lipinski definition) is 4. The summed E-state index contributed by atoms with van der Waals surface area (Å²) in [6.45, 7) is 1.08. The first-order chi connectivity index (χ1) is 10.8. The summed E-state index contributed by atoms with van der Waals surface area (Å²) in [5.74, 6) is 1.40. The largest absolute Gasteiger partial charge is 0.485 e. The molecule has 0 bridgehead atoms. The number of benzene rings is 1. The van der Waals surface area contributed by atoms with Gasteiger partial charge in [0.15, 0.2) is 11.5 Å². The van der Waals surface area contributed by atoms with Crippen LogP contribution in [0.15, 0.2) is 41.8 Å². The summed E-state index contributed by atoms with van der Waals surface area (Å²) >= 11 is 1.71. The van der Waals surface area contributed by atoms with Crippen LogP contribution in [0.2, 0.25) is 0 Å². The third-order valence-electron chi connectivity index (χ3n) is 4.19. The Morgan fingerprint density at radius 3 is 2.86 bits per heavy atom. The second kappa shape index (κ2) is 5.65. The molecule has 0 aliphatic carbocycles. The normalized spacial score (nSPS) is 23.5. The molecule has 2 aliphatic heterocycles. The van der Waals surface area contributed by atoms with Gasteiger partial charge in [0.05, 0.1) is 6.04 Å². The fourth-order valence-electron chi connectivity index (χ4n) is 3.13. The zero-order chi connectivity index (χ0) is 14.9. The van der Waals surface area contributed by atoms with Gasteiger partial charge in [-0.2, -0.15) is 0 Å². The van der Waals surface area contributed by atoms with Gasteiger partial charge in [-0.15, -0.1) is 11.3 Å². The van der Waals surface area contributed by atoms with Crippen LogP contribution in [0, 0.1) is 0 Å². The molecule has 1 aromatic carbocycles. The molecule has 4 nitrogen and oxygen atoms in total. The molecule has 2 atom stereocenters. The Morgan fingerprint density at radius 2 is 2.05 bits per heavy atom. The van der Waals surface area contributed by atoms with Crippen LogP contribution in [0.4, 0.5) is 0 Å². The summed E-state index contributed by atoms with van der Waals surface area (Å²) in [5, 5.41) is 2.06. The number of hydrogen-bond donors (Lipinski definition) is 0. The minimum atomic E-state index is -0.546. The van der Waals surface area contributed by atoms with Crippen molar-refractivity contribution in [2.75, 3.05) is 13.2 Å². The number of ether oxygens (including phenoxy) is 2. The van der Waals surface area contributed by atoms with Gasteiger partial charge in [0.25, 0.3) is 5.91 Å². The summed E-state index contributed by atoms with van der Waals surface area (Å²) in [7, 11) is 0. The quantitative estimate of drug-likeness (QED) is 0.854. The monoisotopic (exact) mass is 315 g/mol. The van der Waals surface area contributed by atoms with E-state index >= 15 is 0 Å². The molecule has 0 radical (unpaired) electrons. The second-order valence-corrected chi connectivity index (χ2v) is 6.55. The van der Waals surface area contributed by atoms with E-state index in [9.17, 15) is 4.79 Å². The topological polar surface area (TPSA) is 38.8 Å². The summed E-state index contributed by atoms with van der Waals surface area (Å²) in [5.41, 5.74) is 0. The predicted octanol–water partition coefficient (Wildman–Crippen LogP) is 3.25. The van der Waals surface area contributed by atoms with E-state index in [0.717, 1.165) is 19.4 Å². The maximum absolute atomic E-state index is 12.8.